The van der Waals surface area contributed by atoms with Crippen LogP contribution in [0.15, 0.2) is 115 Å². The van der Waals surface area contributed by atoms with Crippen LogP contribution >= 0.6 is 46.4 Å². The molecule has 0 unspecified atom stereocenters. The molecule has 2 aromatic rings. The number of azo groups is 2. The van der Waals surface area contributed by atoms with Gasteiger partial charge in [0.15, 0.2) is 11.6 Å². The first-order valence-electron chi connectivity index (χ1n) is 17.0. The van der Waals surface area contributed by atoms with Gasteiger partial charge in [0.05, 0.1) is 38.2 Å². The Kier molecular flexibility index (Phi) is 12.0. The molecule has 0 amide bonds. The van der Waals surface area contributed by atoms with Crippen molar-refractivity contribution >= 4 is 69.3 Å². The Bertz CT molecular complexity index is 1990. The van der Waals surface area contributed by atoms with E-state index >= 15 is 0 Å². The molecule has 10 heteroatoms. The van der Waals surface area contributed by atoms with Crippen molar-refractivity contribution in [2.45, 2.75) is 83.1 Å². The summed E-state index contributed by atoms with van der Waals surface area (Å²) in [5.41, 5.74) is 4.81. The van der Waals surface area contributed by atoms with E-state index in [1.54, 1.807) is 36.7 Å². The molecule has 4 rings (SSSR count). The van der Waals surface area contributed by atoms with Gasteiger partial charge in [0.25, 0.3) is 0 Å². The van der Waals surface area contributed by atoms with E-state index in [-0.39, 0.29) is 38.2 Å². The molecule has 0 aliphatic heterocycles. The lowest BCUT2D eigenvalue weighted by atomic mass is 9.72. The van der Waals surface area contributed by atoms with Crippen molar-refractivity contribution in [1.29, 1.82) is 0 Å². The lowest BCUT2D eigenvalue weighted by molar-refractivity contribution is -0.114. The number of hydrogen-bond acceptors (Lipinski definition) is 6. The third kappa shape index (κ3) is 9.57. The maximum atomic E-state index is 13.3. The van der Waals surface area contributed by atoms with Crippen LogP contribution in [0.3, 0.4) is 0 Å². The van der Waals surface area contributed by atoms with Crippen LogP contribution in [0.4, 0.5) is 11.4 Å². The highest BCUT2D eigenvalue weighted by Crippen LogP contribution is 2.45. The van der Waals surface area contributed by atoms with E-state index in [4.69, 9.17) is 46.4 Å². The highest BCUT2D eigenvalue weighted by molar-refractivity contribution is 6.42. The molecule has 0 heterocycles. The van der Waals surface area contributed by atoms with E-state index in [0.29, 0.717) is 48.7 Å². The van der Waals surface area contributed by atoms with Crippen LogP contribution in [0.1, 0.15) is 83.1 Å². The van der Waals surface area contributed by atoms with Crippen LogP contribution in [0.2, 0.25) is 20.1 Å². The standard InChI is InChI=1S/C42H46Cl4N4O2/c1-39(2,3)27-13-23(14-28(37(27)51)40(4,5)6)21-47-49-25-17-33(45)36(34(46)18-25)26-19-32(44)35(20-31(26)43)50-48-22-24-15-29(41(7,8)9)38(52)30(16-24)42(10,11)12/h13-22H,1-12H3. The van der Waals surface area contributed by atoms with E-state index in [9.17, 15) is 9.59 Å². The van der Waals surface area contributed by atoms with E-state index in [2.05, 4.69) is 20.5 Å². The smallest absolute Gasteiger partial charge is 0.186 e. The lowest BCUT2D eigenvalue weighted by Gasteiger charge is -2.31. The molecule has 0 bridgehead atoms. The molecule has 0 aromatic heterocycles. The minimum absolute atomic E-state index is 0.0442. The average Bonchev–Trinajstić information content (AvgIpc) is 2.98. The number of Topliss-reactive ketones (excluding diaryl/α,β-unsaturated/α-hetero) is 2. The van der Waals surface area contributed by atoms with Crippen molar-refractivity contribution in [1.82, 2.24) is 0 Å². The normalized spacial score (nSPS) is 16.4. The molecule has 0 saturated carbocycles. The van der Waals surface area contributed by atoms with Gasteiger partial charge in [-0.15, -0.1) is 5.11 Å². The number of carbonyl (C=O) groups is 2. The summed E-state index contributed by atoms with van der Waals surface area (Å²) in [5, 5.41) is 18.4. The first kappa shape index (κ1) is 41.3. The summed E-state index contributed by atoms with van der Waals surface area (Å²) in [6.45, 7) is 24.2. The largest absolute Gasteiger partial charge is 0.289 e. The molecule has 0 fully saturated rings. The third-order valence-corrected chi connectivity index (χ3v) is 9.75. The second kappa shape index (κ2) is 15.1. The fraction of sp³-hybridized carbons (Fsp3) is 0.381. The van der Waals surface area contributed by atoms with Crippen molar-refractivity contribution in [3.8, 4) is 11.1 Å². The minimum Gasteiger partial charge on any atom is -0.289 e. The third-order valence-electron chi connectivity index (χ3n) is 8.54. The van der Waals surface area contributed by atoms with E-state index in [0.717, 1.165) is 22.3 Å². The maximum absolute atomic E-state index is 13.3. The van der Waals surface area contributed by atoms with E-state index < -0.39 is 0 Å². The summed E-state index contributed by atoms with van der Waals surface area (Å²) < 4.78 is 0. The Morgan fingerprint density at radius 1 is 0.481 bits per heavy atom. The quantitative estimate of drug-likeness (QED) is 0.283. The Morgan fingerprint density at radius 3 is 1.21 bits per heavy atom. The Hall–Kier alpha value is -3.42. The topological polar surface area (TPSA) is 83.6 Å². The number of halogens is 4. The lowest BCUT2D eigenvalue weighted by Crippen LogP contribution is -2.27. The molecule has 0 N–H and O–H groups in total. The van der Waals surface area contributed by atoms with Crippen molar-refractivity contribution < 1.29 is 9.59 Å². The number of ketones is 2. The van der Waals surface area contributed by atoms with Crippen LogP contribution in [-0.4, -0.2) is 11.6 Å². The molecular weight excluding hydrogens is 734 g/mol. The van der Waals surface area contributed by atoms with Gasteiger partial charge in [-0.3, -0.25) is 9.59 Å². The summed E-state index contributed by atoms with van der Waals surface area (Å²) in [5.74, 6) is 0.0931. The number of allylic oxidation sites excluding steroid dienone is 10. The van der Waals surface area contributed by atoms with Crippen molar-refractivity contribution in [2.75, 3.05) is 0 Å². The zero-order chi connectivity index (χ0) is 39.1. The highest BCUT2D eigenvalue weighted by atomic mass is 35.5. The number of benzene rings is 2. The predicted molar refractivity (Wildman–Crippen MR) is 217 cm³/mol. The van der Waals surface area contributed by atoms with Gasteiger partial charge in [-0.25, -0.2) is 0 Å². The minimum atomic E-state index is -0.342. The maximum Gasteiger partial charge on any atom is 0.186 e. The van der Waals surface area contributed by atoms with Crippen LogP contribution in [0.25, 0.3) is 11.1 Å². The van der Waals surface area contributed by atoms with Gasteiger partial charge < -0.3 is 0 Å². The molecule has 2 aliphatic rings. The monoisotopic (exact) mass is 778 g/mol. The van der Waals surface area contributed by atoms with Crippen molar-refractivity contribution in [3.63, 3.8) is 0 Å². The molecule has 0 spiro atoms. The number of nitrogens with zero attached hydrogens (tertiary/aromatic N) is 4. The van der Waals surface area contributed by atoms with Gasteiger partial charge in [-0.05, 0) is 81.4 Å². The number of hydrogen-bond donors (Lipinski definition) is 0. The molecule has 274 valence electrons. The predicted octanol–water partition coefficient (Wildman–Crippen LogP) is 15.0. The molecule has 6 nitrogen and oxygen atoms in total. The molecule has 52 heavy (non-hydrogen) atoms. The van der Waals surface area contributed by atoms with Crippen LogP contribution < -0.4 is 0 Å². The summed E-state index contributed by atoms with van der Waals surface area (Å²) in [6, 6.07) is 6.51. The fourth-order valence-corrected chi connectivity index (χ4v) is 6.81. The number of carbonyl (C=O) groups excluding carboxylic acids is 2. The molecule has 0 radical (unpaired) electrons. The Morgan fingerprint density at radius 2 is 0.846 bits per heavy atom. The Balaban J connectivity index is 1.63. The number of rotatable bonds is 5. The molecule has 0 saturated heterocycles. The van der Waals surface area contributed by atoms with E-state index in [1.807, 2.05) is 107 Å². The molecule has 0 atom stereocenters. The first-order chi connectivity index (χ1) is 23.8. The molecule has 2 aromatic carbocycles. The van der Waals surface area contributed by atoms with Gasteiger partial charge in [0, 0.05) is 33.4 Å². The Labute approximate surface area is 328 Å². The zero-order valence-electron chi connectivity index (χ0n) is 31.9. The van der Waals surface area contributed by atoms with E-state index in [1.165, 1.54) is 0 Å². The second-order valence-corrected chi connectivity index (χ2v) is 18.8. The second-order valence-electron chi connectivity index (χ2n) is 17.1. The van der Waals surface area contributed by atoms with Crippen LogP contribution in [0.5, 0.6) is 0 Å². The highest BCUT2D eigenvalue weighted by Gasteiger charge is 2.35. The summed E-state index contributed by atoms with van der Waals surface area (Å²) in [4.78, 5) is 26.5. The summed E-state index contributed by atoms with van der Waals surface area (Å²) in [6.07, 6.45) is 10.7. The average molecular weight is 781 g/mol. The van der Waals surface area contributed by atoms with Gasteiger partial charge >= 0.3 is 0 Å². The zero-order valence-corrected chi connectivity index (χ0v) is 34.9. The van der Waals surface area contributed by atoms with Gasteiger partial charge in [-0.1, -0.05) is 129 Å². The fourth-order valence-electron chi connectivity index (χ4n) is 5.68. The van der Waals surface area contributed by atoms with Crippen molar-refractivity contribution in [3.05, 3.63) is 114 Å². The SMILES string of the molecule is CC(C)(C)C1=CC(=CN=Nc2cc(Cl)c(-c3cc(Cl)c(N=NC=C4C=C(C(C)(C)C)C(=O)C(C(C)(C)C)=C4)cc3Cl)c(Cl)c2)C=C(C(C)(C)C)C1=O. The summed E-state index contributed by atoms with van der Waals surface area (Å²) >= 11 is 26.9. The van der Waals surface area contributed by atoms with Crippen molar-refractivity contribution in [2.24, 2.45) is 42.1 Å². The molecular formula is C42H46Cl4N4O2. The van der Waals surface area contributed by atoms with Gasteiger partial charge in [0.2, 0.25) is 0 Å². The first-order valence-corrected chi connectivity index (χ1v) is 18.5. The van der Waals surface area contributed by atoms with Gasteiger partial charge in [-0.2, -0.15) is 15.3 Å². The summed E-state index contributed by atoms with van der Waals surface area (Å²) in [7, 11) is 0. The van der Waals surface area contributed by atoms with Crippen LogP contribution in [0, 0.1) is 21.7 Å². The van der Waals surface area contributed by atoms with Gasteiger partial charge in [0.1, 0.15) is 5.69 Å². The molecule has 2 aliphatic carbocycles. The van der Waals surface area contributed by atoms with Crippen LogP contribution in [-0.2, 0) is 9.59 Å².